The van der Waals surface area contributed by atoms with Crippen molar-refractivity contribution in [1.29, 1.82) is 0 Å². The van der Waals surface area contributed by atoms with Crippen LogP contribution in [-0.4, -0.2) is 67.5 Å². The van der Waals surface area contributed by atoms with Gasteiger partial charge in [-0.05, 0) is 24.1 Å². The van der Waals surface area contributed by atoms with Gasteiger partial charge in [0.2, 0.25) is 11.8 Å². The van der Waals surface area contributed by atoms with Crippen molar-refractivity contribution in [2.75, 3.05) is 37.6 Å². The van der Waals surface area contributed by atoms with Crippen molar-refractivity contribution in [2.45, 2.75) is 25.3 Å². The predicted octanol–water partition coefficient (Wildman–Crippen LogP) is -0.551. The first kappa shape index (κ1) is 21.3. The summed E-state index contributed by atoms with van der Waals surface area (Å²) in [5.74, 6) is -1.51. The number of anilines is 1. The number of hydrogen-bond acceptors (Lipinski definition) is 4. The van der Waals surface area contributed by atoms with Crippen molar-refractivity contribution in [3.63, 3.8) is 0 Å². The lowest BCUT2D eigenvalue weighted by Crippen LogP contribution is -2.48. The molecule has 0 spiro atoms. The molecule has 0 aromatic heterocycles. The van der Waals surface area contributed by atoms with Crippen LogP contribution in [-0.2, 0) is 9.59 Å². The summed E-state index contributed by atoms with van der Waals surface area (Å²) < 4.78 is 14.8. The molecule has 0 saturated carbocycles. The zero-order valence-corrected chi connectivity index (χ0v) is 16.7. The quantitative estimate of drug-likeness (QED) is 0.380. The summed E-state index contributed by atoms with van der Waals surface area (Å²) in [6.45, 7) is 3.37. The molecule has 3 rings (SSSR count). The Labute approximate surface area is 173 Å². The van der Waals surface area contributed by atoms with E-state index in [0.717, 1.165) is 0 Å². The van der Waals surface area contributed by atoms with E-state index in [1.165, 1.54) is 17.9 Å². The fraction of sp³-hybridized carbons (Fsp3) is 0.474. The third kappa shape index (κ3) is 4.97. The number of hydrogen-bond donors (Lipinski definition) is 4. The van der Waals surface area contributed by atoms with E-state index in [-0.39, 0.29) is 23.8 Å². The second kappa shape index (κ2) is 8.97. The summed E-state index contributed by atoms with van der Waals surface area (Å²) in [7, 11) is 0. The lowest BCUT2D eigenvalue weighted by atomic mass is 9.95. The molecule has 6 N–H and O–H groups in total. The first-order valence-corrected chi connectivity index (χ1v) is 9.72. The molecule has 0 radical (unpaired) electrons. The van der Waals surface area contributed by atoms with Gasteiger partial charge in [-0.2, -0.15) is 4.99 Å². The minimum Gasteiger partial charge on any atom is -0.370 e. The SMILES string of the molecule is CC(=O)NCC1C[C@@H](c2ccc(N3CCN(C(=O)N=C(N)N)CC3)c(F)c2)C(=O)N1. The number of benzene rings is 1. The number of halogens is 1. The highest BCUT2D eigenvalue weighted by atomic mass is 19.1. The molecule has 2 heterocycles. The van der Waals surface area contributed by atoms with Crippen molar-refractivity contribution < 1.29 is 18.8 Å². The van der Waals surface area contributed by atoms with Crippen molar-refractivity contribution in [2.24, 2.45) is 16.5 Å². The number of carbonyl (C=O) groups excluding carboxylic acids is 3. The number of carbonyl (C=O) groups is 3. The van der Waals surface area contributed by atoms with Crippen molar-refractivity contribution in [3.05, 3.63) is 29.6 Å². The van der Waals surface area contributed by atoms with Gasteiger partial charge in [0, 0.05) is 45.7 Å². The maximum atomic E-state index is 14.8. The van der Waals surface area contributed by atoms with E-state index in [4.69, 9.17) is 11.5 Å². The normalized spacial score (nSPS) is 21.2. The predicted molar refractivity (Wildman–Crippen MR) is 109 cm³/mol. The molecule has 2 fully saturated rings. The summed E-state index contributed by atoms with van der Waals surface area (Å²) in [5.41, 5.74) is 11.5. The standard InChI is InChI=1S/C19H26FN7O3/c1-11(28)23-10-13-9-14(17(29)24-13)12-2-3-16(15(20)8-12)26-4-6-27(7-5-26)19(30)25-18(21)22/h2-3,8,13-14H,4-7,9-10H2,1H3,(H,23,28)(H,24,29)(H4,21,22,25,30)/t13?,14-/m0/s1. The number of nitrogens with zero attached hydrogens (tertiary/aromatic N) is 3. The van der Waals surface area contributed by atoms with Crippen molar-refractivity contribution in [1.82, 2.24) is 15.5 Å². The molecule has 0 aliphatic carbocycles. The molecule has 2 atom stereocenters. The van der Waals surface area contributed by atoms with Gasteiger partial charge >= 0.3 is 6.03 Å². The number of nitrogens with two attached hydrogens (primary N) is 2. The van der Waals surface area contributed by atoms with Gasteiger partial charge in [-0.1, -0.05) is 6.07 Å². The maximum Gasteiger partial charge on any atom is 0.346 e. The lowest BCUT2D eigenvalue weighted by molar-refractivity contribution is -0.121. The van der Waals surface area contributed by atoms with E-state index in [1.807, 2.05) is 4.90 Å². The van der Waals surface area contributed by atoms with E-state index >= 15 is 0 Å². The Bertz CT molecular complexity index is 864. The molecule has 10 nitrogen and oxygen atoms in total. The molecule has 2 aliphatic rings. The fourth-order valence-electron chi connectivity index (χ4n) is 3.76. The summed E-state index contributed by atoms with van der Waals surface area (Å²) in [6.07, 6.45) is 0.490. The fourth-order valence-corrected chi connectivity index (χ4v) is 3.76. The zero-order chi connectivity index (χ0) is 21.8. The Kier molecular flexibility index (Phi) is 6.38. The number of guanidine groups is 1. The van der Waals surface area contributed by atoms with Crippen molar-refractivity contribution >= 4 is 29.5 Å². The molecule has 162 valence electrons. The van der Waals surface area contributed by atoms with Gasteiger partial charge in [0.25, 0.3) is 0 Å². The maximum absolute atomic E-state index is 14.8. The number of urea groups is 1. The third-order valence-electron chi connectivity index (χ3n) is 5.27. The molecule has 1 unspecified atom stereocenters. The Morgan fingerprint density at radius 1 is 1.27 bits per heavy atom. The molecular weight excluding hydrogens is 393 g/mol. The number of amides is 4. The van der Waals surface area contributed by atoms with Gasteiger partial charge in [-0.3, -0.25) is 9.59 Å². The molecule has 11 heteroatoms. The Hall–Kier alpha value is -3.37. The van der Waals surface area contributed by atoms with Gasteiger partial charge in [0.1, 0.15) is 5.82 Å². The topological polar surface area (TPSA) is 146 Å². The van der Waals surface area contributed by atoms with Crippen LogP contribution >= 0.6 is 0 Å². The van der Waals surface area contributed by atoms with Gasteiger partial charge < -0.3 is 31.9 Å². The lowest BCUT2D eigenvalue weighted by Gasteiger charge is -2.35. The number of rotatable bonds is 4. The number of piperazine rings is 1. The average Bonchev–Trinajstić information content (AvgIpc) is 3.06. The van der Waals surface area contributed by atoms with E-state index < -0.39 is 17.8 Å². The van der Waals surface area contributed by atoms with Crippen LogP contribution < -0.4 is 27.0 Å². The van der Waals surface area contributed by atoms with E-state index in [2.05, 4.69) is 15.6 Å². The minimum atomic E-state index is -0.508. The Balaban J connectivity index is 1.62. The molecule has 30 heavy (non-hydrogen) atoms. The summed E-state index contributed by atoms with van der Waals surface area (Å²) in [6, 6.07) is 4.11. The Morgan fingerprint density at radius 2 is 1.97 bits per heavy atom. The second-order valence-corrected chi connectivity index (χ2v) is 7.44. The van der Waals surface area contributed by atoms with Crippen LogP contribution in [0.3, 0.4) is 0 Å². The highest BCUT2D eigenvalue weighted by molar-refractivity contribution is 5.90. The molecule has 1 aromatic rings. The average molecular weight is 419 g/mol. The van der Waals surface area contributed by atoms with Gasteiger partial charge in [0.05, 0.1) is 11.6 Å². The Morgan fingerprint density at radius 3 is 2.57 bits per heavy atom. The largest absolute Gasteiger partial charge is 0.370 e. The van der Waals surface area contributed by atoms with Crippen LogP contribution in [0.2, 0.25) is 0 Å². The smallest absolute Gasteiger partial charge is 0.346 e. The minimum absolute atomic E-state index is 0.164. The molecular formula is C19H26FN7O3. The zero-order valence-electron chi connectivity index (χ0n) is 16.7. The second-order valence-electron chi connectivity index (χ2n) is 7.44. The van der Waals surface area contributed by atoms with E-state index in [9.17, 15) is 18.8 Å². The van der Waals surface area contributed by atoms with Crippen molar-refractivity contribution in [3.8, 4) is 0 Å². The first-order chi connectivity index (χ1) is 14.2. The number of nitrogens with one attached hydrogen (secondary N) is 2. The van der Waals surface area contributed by atoms with Crippen LogP contribution in [0.1, 0.15) is 24.8 Å². The molecule has 1 aromatic carbocycles. The summed E-state index contributed by atoms with van der Waals surface area (Å²) in [4.78, 5) is 42.1. The van der Waals surface area contributed by atoms with Gasteiger partial charge in [0.15, 0.2) is 5.96 Å². The summed E-state index contributed by atoms with van der Waals surface area (Å²) >= 11 is 0. The van der Waals surface area contributed by atoms with E-state index in [0.29, 0.717) is 50.4 Å². The monoisotopic (exact) mass is 419 g/mol. The molecule has 2 saturated heterocycles. The van der Waals surface area contributed by atoms with Crippen LogP contribution in [0.15, 0.2) is 23.2 Å². The van der Waals surface area contributed by atoms with E-state index in [1.54, 1.807) is 12.1 Å². The molecule has 2 aliphatic heterocycles. The highest BCUT2D eigenvalue weighted by Crippen LogP contribution is 2.30. The highest BCUT2D eigenvalue weighted by Gasteiger charge is 2.33. The van der Waals surface area contributed by atoms with Gasteiger partial charge in [-0.25, -0.2) is 9.18 Å². The number of aliphatic imine (C=N–C) groups is 1. The first-order valence-electron chi connectivity index (χ1n) is 9.72. The third-order valence-corrected chi connectivity index (χ3v) is 5.27. The van der Waals surface area contributed by atoms with Crippen LogP contribution in [0.25, 0.3) is 0 Å². The van der Waals surface area contributed by atoms with Gasteiger partial charge in [-0.15, -0.1) is 0 Å². The summed E-state index contributed by atoms with van der Waals surface area (Å²) in [5, 5.41) is 5.51. The molecule has 4 amide bonds. The van der Waals surface area contributed by atoms with Crippen LogP contribution in [0, 0.1) is 5.82 Å². The molecule has 0 bridgehead atoms. The van der Waals surface area contributed by atoms with Crippen LogP contribution in [0.5, 0.6) is 0 Å². The van der Waals surface area contributed by atoms with Crippen LogP contribution in [0.4, 0.5) is 14.9 Å².